The van der Waals surface area contributed by atoms with Crippen molar-refractivity contribution in [3.8, 4) is 34.3 Å². The van der Waals surface area contributed by atoms with Gasteiger partial charge < -0.3 is 10.4 Å². The number of piperidine rings is 1. The van der Waals surface area contributed by atoms with Crippen LogP contribution >= 0.6 is 0 Å². The second kappa shape index (κ2) is 7.49. The van der Waals surface area contributed by atoms with Crippen molar-refractivity contribution in [1.82, 2.24) is 30.3 Å². The lowest BCUT2D eigenvalue weighted by Gasteiger charge is -2.22. The van der Waals surface area contributed by atoms with E-state index in [2.05, 4.69) is 26.6 Å². The Morgan fingerprint density at radius 2 is 2.06 bits per heavy atom. The first-order chi connectivity index (χ1) is 15.1. The molecular weight excluding hydrogens is 397 g/mol. The molecular formula is C22H20FN7O. The number of halogens is 1. The summed E-state index contributed by atoms with van der Waals surface area (Å²) in [6.45, 7) is 3.73. The number of phenolic OH excluding ortho intramolecular Hbond substituents is 1. The molecule has 8 nitrogen and oxygen atoms in total. The Morgan fingerprint density at radius 3 is 2.81 bits per heavy atom. The van der Waals surface area contributed by atoms with Gasteiger partial charge in [-0.15, -0.1) is 0 Å². The predicted molar refractivity (Wildman–Crippen MR) is 113 cm³/mol. The van der Waals surface area contributed by atoms with Crippen molar-refractivity contribution in [2.75, 3.05) is 13.1 Å². The van der Waals surface area contributed by atoms with Crippen molar-refractivity contribution in [3.63, 3.8) is 0 Å². The Morgan fingerprint density at radius 1 is 1.26 bits per heavy atom. The lowest BCUT2D eigenvalue weighted by molar-refractivity contribution is 0.343. The summed E-state index contributed by atoms with van der Waals surface area (Å²) in [6, 6.07) is 8.16. The molecule has 0 bridgehead atoms. The second-order valence-electron chi connectivity index (χ2n) is 7.70. The predicted octanol–water partition coefficient (Wildman–Crippen LogP) is 3.44. The monoisotopic (exact) mass is 417 g/mol. The molecule has 0 unspecified atom stereocenters. The molecule has 1 aliphatic rings. The molecule has 0 saturated carbocycles. The van der Waals surface area contributed by atoms with Crippen molar-refractivity contribution in [2.45, 2.75) is 25.8 Å². The first kappa shape index (κ1) is 19.2. The highest BCUT2D eigenvalue weighted by Crippen LogP contribution is 2.38. The lowest BCUT2D eigenvalue weighted by Crippen LogP contribution is -2.29. The Balaban J connectivity index is 1.75. The van der Waals surface area contributed by atoms with Crippen LogP contribution in [0.15, 0.2) is 30.5 Å². The van der Waals surface area contributed by atoms with Gasteiger partial charge in [0.2, 0.25) is 0 Å². The van der Waals surface area contributed by atoms with Gasteiger partial charge in [0.15, 0.2) is 5.65 Å². The van der Waals surface area contributed by atoms with Gasteiger partial charge in [0.25, 0.3) is 0 Å². The zero-order chi connectivity index (χ0) is 21.5. The molecule has 5 rings (SSSR count). The molecule has 9 heteroatoms. The summed E-state index contributed by atoms with van der Waals surface area (Å²) in [7, 11) is 0. The summed E-state index contributed by atoms with van der Waals surface area (Å²) >= 11 is 0. The van der Waals surface area contributed by atoms with Crippen LogP contribution in [-0.4, -0.2) is 43.2 Å². The number of nitrogens with zero attached hydrogens (tertiary/aromatic N) is 5. The molecule has 3 N–H and O–H groups in total. The van der Waals surface area contributed by atoms with Gasteiger partial charge in [-0.3, -0.25) is 9.78 Å². The number of nitriles is 1. The molecule has 156 valence electrons. The van der Waals surface area contributed by atoms with Crippen molar-refractivity contribution in [3.05, 3.63) is 47.5 Å². The third kappa shape index (κ3) is 3.21. The summed E-state index contributed by atoms with van der Waals surface area (Å²) in [5, 5.41) is 35.6. The molecule has 0 spiro atoms. The Kier molecular flexibility index (Phi) is 4.64. The van der Waals surface area contributed by atoms with Gasteiger partial charge in [-0.25, -0.2) is 9.37 Å². The summed E-state index contributed by atoms with van der Waals surface area (Å²) < 4.78 is 16.6. The second-order valence-corrected chi connectivity index (χ2v) is 7.70. The molecule has 31 heavy (non-hydrogen) atoms. The van der Waals surface area contributed by atoms with Crippen LogP contribution in [0.5, 0.6) is 5.75 Å². The van der Waals surface area contributed by atoms with E-state index < -0.39 is 5.82 Å². The minimum atomic E-state index is -0.665. The molecule has 1 saturated heterocycles. The molecule has 4 heterocycles. The minimum absolute atomic E-state index is 0.121. The van der Waals surface area contributed by atoms with Crippen LogP contribution in [0.3, 0.4) is 0 Å². The first-order valence-corrected chi connectivity index (χ1v) is 10.1. The van der Waals surface area contributed by atoms with E-state index in [1.54, 1.807) is 0 Å². The number of pyridine rings is 1. The minimum Gasteiger partial charge on any atom is -0.508 e. The quantitative estimate of drug-likeness (QED) is 0.470. The topological polar surface area (TPSA) is 115 Å². The number of fused-ring (bicyclic) bond motifs is 1. The number of hydrogen-bond donors (Lipinski definition) is 3. The number of benzene rings is 1. The molecule has 1 aromatic carbocycles. The van der Waals surface area contributed by atoms with E-state index in [-0.39, 0.29) is 28.6 Å². The van der Waals surface area contributed by atoms with Gasteiger partial charge in [-0.1, -0.05) is 0 Å². The molecule has 4 aromatic rings. The van der Waals surface area contributed by atoms with E-state index in [0.717, 1.165) is 37.7 Å². The van der Waals surface area contributed by atoms with Crippen LogP contribution in [-0.2, 0) is 0 Å². The molecule has 3 aromatic heterocycles. The average molecular weight is 417 g/mol. The van der Waals surface area contributed by atoms with Crippen molar-refractivity contribution < 1.29 is 9.50 Å². The Labute approximate surface area is 177 Å². The fourth-order valence-electron chi connectivity index (χ4n) is 4.20. The van der Waals surface area contributed by atoms with Crippen LogP contribution in [0.1, 0.15) is 30.1 Å². The number of nitrogens with one attached hydrogen (secondary N) is 2. The SMILES string of the molecule is Cc1[nH]nc2nc(-c3ccc(O)cc3F)c(C#N)c(-c3ccn(C4CCNCC4)n3)c12. The van der Waals surface area contributed by atoms with Crippen molar-refractivity contribution in [1.29, 1.82) is 5.26 Å². The molecule has 0 amide bonds. The van der Waals surface area contributed by atoms with E-state index in [4.69, 9.17) is 5.10 Å². The van der Waals surface area contributed by atoms with E-state index in [0.29, 0.717) is 22.3 Å². The number of aromatic nitrogens is 5. The summed E-state index contributed by atoms with van der Waals surface area (Å²) in [5.41, 5.74) is 2.84. The van der Waals surface area contributed by atoms with Gasteiger partial charge in [-0.2, -0.15) is 15.5 Å². The van der Waals surface area contributed by atoms with Gasteiger partial charge in [0, 0.05) is 29.1 Å². The highest BCUT2D eigenvalue weighted by molar-refractivity contribution is 5.99. The van der Waals surface area contributed by atoms with Crippen LogP contribution < -0.4 is 5.32 Å². The fraction of sp³-hybridized carbons (Fsp3) is 0.273. The van der Waals surface area contributed by atoms with Gasteiger partial charge >= 0.3 is 0 Å². The number of hydrogen-bond acceptors (Lipinski definition) is 6. The maximum atomic E-state index is 14.7. The standard InChI is InChI=1S/C22H20FN7O/c1-12-19-20(18-6-9-30(29-18)13-4-7-25-8-5-13)16(11-24)21(26-22(19)28-27-12)15-3-2-14(31)10-17(15)23/h2-3,6,9-10,13,25,31H,4-5,7-8H2,1H3,(H,26,27,28). The van der Waals surface area contributed by atoms with Gasteiger partial charge in [0.05, 0.1) is 28.4 Å². The lowest BCUT2D eigenvalue weighted by atomic mass is 9.96. The van der Waals surface area contributed by atoms with E-state index >= 15 is 0 Å². The third-order valence-corrected chi connectivity index (χ3v) is 5.75. The van der Waals surface area contributed by atoms with Crippen LogP contribution in [0.25, 0.3) is 33.5 Å². The number of aromatic amines is 1. The van der Waals surface area contributed by atoms with Gasteiger partial charge in [0.1, 0.15) is 17.6 Å². The van der Waals surface area contributed by atoms with Gasteiger partial charge in [-0.05, 0) is 51.1 Å². The number of rotatable bonds is 3. The maximum Gasteiger partial charge on any atom is 0.182 e. The number of aromatic hydroxyl groups is 1. The largest absolute Gasteiger partial charge is 0.508 e. The molecule has 0 aliphatic carbocycles. The summed E-state index contributed by atoms with van der Waals surface area (Å²) in [6.07, 6.45) is 3.88. The van der Waals surface area contributed by atoms with Crippen molar-refractivity contribution in [2.24, 2.45) is 0 Å². The van der Waals surface area contributed by atoms with E-state index in [1.807, 2.05) is 23.9 Å². The Hall–Kier alpha value is -3.77. The number of aryl methyl sites for hydroxylation is 1. The zero-order valence-corrected chi connectivity index (χ0v) is 16.9. The molecule has 0 atom stereocenters. The van der Waals surface area contributed by atoms with E-state index in [1.165, 1.54) is 12.1 Å². The van der Waals surface area contributed by atoms with Crippen LogP contribution in [0.2, 0.25) is 0 Å². The fourth-order valence-corrected chi connectivity index (χ4v) is 4.20. The highest BCUT2D eigenvalue weighted by Gasteiger charge is 2.25. The first-order valence-electron chi connectivity index (χ1n) is 10.1. The highest BCUT2D eigenvalue weighted by atomic mass is 19.1. The third-order valence-electron chi connectivity index (χ3n) is 5.75. The van der Waals surface area contributed by atoms with Crippen LogP contribution in [0, 0.1) is 24.1 Å². The number of H-pyrrole nitrogens is 1. The summed E-state index contributed by atoms with van der Waals surface area (Å²) in [5.74, 6) is -0.862. The molecule has 0 radical (unpaired) electrons. The molecule has 1 fully saturated rings. The summed E-state index contributed by atoms with van der Waals surface area (Å²) in [4.78, 5) is 4.48. The zero-order valence-electron chi connectivity index (χ0n) is 16.9. The Bertz CT molecular complexity index is 1330. The molecule has 1 aliphatic heterocycles. The van der Waals surface area contributed by atoms with Crippen LogP contribution in [0.4, 0.5) is 4.39 Å². The van der Waals surface area contributed by atoms with E-state index in [9.17, 15) is 14.8 Å². The average Bonchev–Trinajstić information content (AvgIpc) is 3.40. The smallest absolute Gasteiger partial charge is 0.182 e. The maximum absolute atomic E-state index is 14.7. The normalized spacial score (nSPS) is 14.7. The number of phenols is 1. The van der Waals surface area contributed by atoms with Crippen molar-refractivity contribution >= 4 is 11.0 Å².